The number of alkyl halides is 6. The van der Waals surface area contributed by atoms with Crippen molar-refractivity contribution in [2.24, 2.45) is 0 Å². The Kier molecular flexibility index (Phi) is 7.55. The van der Waals surface area contributed by atoms with E-state index >= 15 is 26.3 Å². The molecule has 0 radical (unpaired) electrons. The summed E-state index contributed by atoms with van der Waals surface area (Å²) in [5, 5.41) is -0.331. The minimum absolute atomic E-state index is 0.0139. The first-order valence-corrected chi connectivity index (χ1v) is 21.9. The lowest BCUT2D eigenvalue weighted by atomic mass is 9.35. The van der Waals surface area contributed by atoms with Gasteiger partial charge in [0, 0.05) is 50.5 Å². The van der Waals surface area contributed by atoms with E-state index in [0.29, 0.717) is 23.3 Å². The molecule has 0 N–H and O–H groups in total. The molecule has 0 unspecified atom stereocenters. The van der Waals surface area contributed by atoms with Crippen LogP contribution in [0.25, 0.3) is 33.2 Å². The highest BCUT2D eigenvalue weighted by atomic mass is 19.4. The molecule has 0 saturated carbocycles. The van der Waals surface area contributed by atoms with Crippen LogP contribution in [0.3, 0.4) is 0 Å². The van der Waals surface area contributed by atoms with Crippen molar-refractivity contribution >= 4 is 68.4 Å². The molecule has 0 fully saturated rings. The van der Waals surface area contributed by atoms with E-state index in [0.717, 1.165) is 23.7 Å². The predicted molar refractivity (Wildman–Crippen MR) is 264 cm³/mol. The lowest BCUT2D eigenvalue weighted by Crippen LogP contribution is -2.61. The van der Waals surface area contributed by atoms with E-state index in [1.807, 2.05) is 32.9 Å². The molecule has 6 aromatic carbocycles. The fourth-order valence-corrected chi connectivity index (χ4v) is 9.10. The second-order valence-corrected chi connectivity index (χ2v) is 20.5. The Labute approximate surface area is 408 Å². The van der Waals surface area contributed by atoms with Crippen LogP contribution in [0.2, 0.25) is 0 Å². The van der Waals surface area contributed by atoms with Gasteiger partial charge in [0.1, 0.15) is 5.58 Å². The SMILES string of the molecule is [2H]c1c([2H])c2c3c(c1[2H])N(c1c([2H])c([2H])c(C(C)(C)C)c([2H])c1[2H])c1c(-c4ccc(C(C)(C)C)cc4)coc1B3c1cc3occ(-c4c(C(F)(F)F)cc(C)cc4C(F)(F)F)c3cc1N2c1c([2H])c([2H])c(C(C)(C)C)c([2H])c1[2H]. The second kappa shape index (κ2) is 15.2. The first kappa shape index (κ1) is 33.8. The van der Waals surface area contributed by atoms with Crippen molar-refractivity contribution in [3.8, 4) is 22.3 Å². The molecule has 346 valence electrons. The van der Waals surface area contributed by atoms with E-state index in [2.05, 4.69) is 0 Å². The minimum atomic E-state index is -5.33. The summed E-state index contributed by atoms with van der Waals surface area (Å²) in [5.41, 5.74) is -7.97. The van der Waals surface area contributed by atoms with Crippen molar-refractivity contribution in [2.75, 3.05) is 9.80 Å². The van der Waals surface area contributed by atoms with Crippen molar-refractivity contribution in [1.82, 2.24) is 0 Å². The molecule has 0 amide bonds. The van der Waals surface area contributed by atoms with Crippen LogP contribution in [0.5, 0.6) is 0 Å². The molecule has 2 aliphatic rings. The quantitative estimate of drug-likeness (QED) is 0.130. The van der Waals surface area contributed by atoms with Gasteiger partial charge in [-0.3, -0.25) is 0 Å². The summed E-state index contributed by atoms with van der Waals surface area (Å²) < 4.78 is 209. The summed E-state index contributed by atoms with van der Waals surface area (Å²) >= 11 is 0. The number of aryl methyl sites for hydroxylation is 1. The molecule has 11 heteroatoms. The van der Waals surface area contributed by atoms with Gasteiger partial charge in [0.2, 0.25) is 0 Å². The topological polar surface area (TPSA) is 32.8 Å². The second-order valence-electron chi connectivity index (χ2n) is 20.5. The molecular weight excluding hydrogens is 869 g/mol. The Morgan fingerprint density at radius 2 is 1.04 bits per heavy atom. The molecule has 8 aromatic rings. The molecule has 2 aromatic heterocycles. The van der Waals surface area contributed by atoms with E-state index in [4.69, 9.17) is 8.83 Å². The monoisotopic (exact) mass is 931 g/mol. The molecule has 0 aliphatic carbocycles. The average Bonchev–Trinajstić information content (AvgIpc) is 3.82. The Hall–Kier alpha value is -6.62. The number of nitrogens with zero attached hydrogens (tertiary/aromatic N) is 2. The fourth-order valence-electron chi connectivity index (χ4n) is 9.10. The van der Waals surface area contributed by atoms with Gasteiger partial charge in [-0.25, -0.2) is 0 Å². The highest BCUT2D eigenvalue weighted by molar-refractivity contribution is 6.99. The van der Waals surface area contributed by atoms with E-state index in [-0.39, 0.29) is 78.1 Å². The van der Waals surface area contributed by atoms with Crippen molar-refractivity contribution in [3.05, 3.63) is 161 Å². The average molecular weight is 932 g/mol. The predicted octanol–water partition coefficient (Wildman–Crippen LogP) is 15.7. The maximum Gasteiger partial charge on any atom is 0.417 e. The number of rotatable bonds is 4. The Morgan fingerprint density at radius 1 is 0.544 bits per heavy atom. The van der Waals surface area contributed by atoms with Gasteiger partial charge in [-0.15, -0.1) is 0 Å². The minimum Gasteiger partial charge on any atom is -0.476 e. The van der Waals surface area contributed by atoms with E-state index < -0.39 is 124 Å². The number of anilines is 6. The highest BCUT2D eigenvalue weighted by Crippen LogP contribution is 2.51. The van der Waals surface area contributed by atoms with Crippen LogP contribution in [0.15, 0.2) is 136 Å². The summed E-state index contributed by atoms with van der Waals surface area (Å²) in [4.78, 5) is 2.38. The molecule has 0 spiro atoms. The summed E-state index contributed by atoms with van der Waals surface area (Å²) in [6.07, 6.45) is -8.53. The third-order valence-electron chi connectivity index (χ3n) is 12.6. The van der Waals surface area contributed by atoms with Crippen molar-refractivity contribution in [3.63, 3.8) is 0 Å². The molecule has 4 heterocycles. The van der Waals surface area contributed by atoms with Gasteiger partial charge >= 0.3 is 12.4 Å². The Morgan fingerprint density at radius 3 is 1.56 bits per heavy atom. The first-order chi connectivity index (χ1) is 36.4. The van der Waals surface area contributed by atoms with Crippen molar-refractivity contribution < 1.29 is 50.3 Å². The van der Waals surface area contributed by atoms with Crippen LogP contribution in [0.1, 0.15) is 111 Å². The van der Waals surface area contributed by atoms with Crippen molar-refractivity contribution in [2.45, 2.75) is 97.8 Å². The Balaban J connectivity index is 1.42. The molecule has 2 aliphatic heterocycles. The number of benzene rings is 6. The summed E-state index contributed by atoms with van der Waals surface area (Å²) in [7, 11) is 0. The van der Waals surface area contributed by atoms with E-state index in [1.54, 1.807) is 53.7 Å². The van der Waals surface area contributed by atoms with Gasteiger partial charge < -0.3 is 18.6 Å². The molecule has 68 heavy (non-hydrogen) atoms. The van der Waals surface area contributed by atoms with Gasteiger partial charge in [-0.2, -0.15) is 26.3 Å². The normalized spacial score (nSPS) is 16.4. The number of furan rings is 2. The summed E-state index contributed by atoms with van der Waals surface area (Å²) in [6.45, 7) is 16.0. The third-order valence-corrected chi connectivity index (χ3v) is 12.6. The zero-order valence-electron chi connectivity index (χ0n) is 49.8. The maximum atomic E-state index is 15.1. The van der Waals surface area contributed by atoms with Gasteiger partial charge in [0.05, 0.1) is 50.1 Å². The summed E-state index contributed by atoms with van der Waals surface area (Å²) in [5.74, 6) is 0. The van der Waals surface area contributed by atoms with Crippen LogP contribution in [-0.2, 0) is 28.6 Å². The third kappa shape index (κ3) is 7.40. The molecule has 4 nitrogen and oxygen atoms in total. The van der Waals surface area contributed by atoms with E-state index in [1.165, 1.54) is 23.3 Å². The van der Waals surface area contributed by atoms with Crippen LogP contribution >= 0.6 is 0 Å². The standard InChI is InChI=1S/C57H51BF6N2O2/c1-32-26-42(56(59,60)61)49(43(27-32)57(62,63)64)41-31-67-48-29-44-47(28-39(41)48)65(37-22-18-35(19-23-37)54(5,6)7)45-12-11-13-46-50(45)58(44)52-51(66(46)38-24-20-36(21-25-38)55(8,9)10)40(30-68-52)33-14-16-34(17-15-33)53(2,3)4/h11-31H,1-10H3/i11D,12D,13D,18D,19D,20D,21D,22D,23D,24D,25D. The molecule has 0 bridgehead atoms. The van der Waals surface area contributed by atoms with Gasteiger partial charge in [-0.1, -0.05) is 117 Å². The maximum absolute atomic E-state index is 15.1. The zero-order valence-corrected chi connectivity index (χ0v) is 38.8. The number of halogens is 6. The van der Waals surface area contributed by atoms with Gasteiger partial charge in [-0.05, 0) is 122 Å². The smallest absolute Gasteiger partial charge is 0.417 e. The van der Waals surface area contributed by atoms with Gasteiger partial charge in [0.15, 0.2) is 0 Å². The van der Waals surface area contributed by atoms with Crippen molar-refractivity contribution in [1.29, 1.82) is 0 Å². The van der Waals surface area contributed by atoms with Crippen LogP contribution < -0.4 is 26.4 Å². The molecule has 0 saturated heterocycles. The molecule has 0 atom stereocenters. The lowest BCUT2D eigenvalue weighted by molar-refractivity contribution is -0.142. The van der Waals surface area contributed by atoms with Crippen LogP contribution in [-0.4, -0.2) is 6.71 Å². The Bertz CT molecular complexity index is 3850. The number of hydrogen-bond donors (Lipinski definition) is 0. The first-order valence-electron chi connectivity index (χ1n) is 27.4. The molecular formula is C57H51BF6N2O2. The fraction of sp³-hybridized carbons (Fsp3) is 0.263. The summed E-state index contributed by atoms with van der Waals surface area (Å²) in [6, 6.07) is 4.50. The van der Waals surface area contributed by atoms with Crippen LogP contribution in [0.4, 0.5) is 60.5 Å². The highest BCUT2D eigenvalue weighted by Gasteiger charge is 2.48. The largest absolute Gasteiger partial charge is 0.476 e. The number of fused-ring (bicyclic) bond motifs is 5. The number of hydrogen-bond acceptors (Lipinski definition) is 4. The van der Waals surface area contributed by atoms with Crippen LogP contribution in [0, 0.1) is 6.92 Å². The van der Waals surface area contributed by atoms with Gasteiger partial charge in [0.25, 0.3) is 6.71 Å². The lowest BCUT2D eigenvalue weighted by Gasteiger charge is -2.42. The molecule has 10 rings (SSSR count). The van der Waals surface area contributed by atoms with E-state index in [9.17, 15) is 15.1 Å². The zero-order chi connectivity index (χ0) is 58.2.